The Kier molecular flexibility index (Phi) is 6.60. The fourth-order valence-electron chi connectivity index (χ4n) is 1.60. The molecule has 0 saturated carbocycles. The number of nitrogens with zero attached hydrogens (tertiary/aromatic N) is 1. The molecule has 0 aromatic heterocycles. The number of rotatable bonds is 7. The van der Waals surface area contributed by atoms with Gasteiger partial charge in [-0.3, -0.25) is 0 Å². The highest BCUT2D eigenvalue weighted by Gasteiger charge is 2.47. The van der Waals surface area contributed by atoms with Gasteiger partial charge in [0.15, 0.2) is 7.87 Å². The Labute approximate surface area is 99.6 Å². The summed E-state index contributed by atoms with van der Waals surface area (Å²) in [5.74, 6) is 0. The highest BCUT2D eigenvalue weighted by Crippen LogP contribution is 2.69. The van der Waals surface area contributed by atoms with E-state index in [2.05, 4.69) is 0 Å². The molecule has 0 amide bonds. The first-order chi connectivity index (χ1) is 7.68. The predicted octanol–water partition coefficient (Wildman–Crippen LogP) is 2.15. The largest absolute Gasteiger partial charge is 0.641 e. The van der Waals surface area contributed by atoms with Crippen molar-refractivity contribution in [2.24, 2.45) is 0 Å². The summed E-state index contributed by atoms with van der Waals surface area (Å²) in [6, 6.07) is 0. The van der Waals surface area contributed by atoms with E-state index in [0.29, 0.717) is 26.0 Å². The zero-order chi connectivity index (χ0) is 12.0. The van der Waals surface area contributed by atoms with Gasteiger partial charge >= 0.3 is 0 Å². The molecule has 1 rings (SSSR count). The first kappa shape index (κ1) is 14.7. The normalized spacial score (nSPS) is 26.8. The third kappa shape index (κ3) is 3.58. The minimum absolute atomic E-state index is 0.467. The monoisotopic (exact) mass is 269 g/mol. The first-order valence-corrected chi connectivity index (χ1v) is 8.64. The van der Waals surface area contributed by atoms with E-state index in [1.807, 2.05) is 20.8 Å². The maximum Gasteiger partial charge on any atom is 0.295 e. The van der Waals surface area contributed by atoms with Crippen molar-refractivity contribution in [3.8, 4) is 0 Å². The summed E-state index contributed by atoms with van der Waals surface area (Å²) in [7, 11) is -3.90. The zero-order valence-corrected chi connectivity index (χ0v) is 12.0. The van der Waals surface area contributed by atoms with Crippen molar-refractivity contribution in [1.29, 1.82) is 0 Å². The SMILES string of the molecule is CCOP(OCC)N1CCC[P+]1([O-])OCC. The molecule has 1 aliphatic heterocycles. The van der Waals surface area contributed by atoms with Crippen LogP contribution in [0.25, 0.3) is 0 Å². The summed E-state index contributed by atoms with van der Waals surface area (Å²) >= 11 is 0. The zero-order valence-electron chi connectivity index (χ0n) is 10.2. The van der Waals surface area contributed by atoms with Gasteiger partial charge in [0, 0.05) is 13.0 Å². The van der Waals surface area contributed by atoms with Gasteiger partial charge in [-0.05, 0) is 20.8 Å². The van der Waals surface area contributed by atoms with Crippen molar-refractivity contribution in [1.82, 2.24) is 4.44 Å². The molecule has 1 fully saturated rings. The minimum atomic E-state index is -2.68. The fraction of sp³-hybridized carbons (Fsp3) is 1.00. The van der Waals surface area contributed by atoms with E-state index in [1.54, 1.807) is 4.44 Å². The average molecular weight is 269 g/mol. The van der Waals surface area contributed by atoms with Crippen LogP contribution in [-0.4, -0.2) is 37.0 Å². The van der Waals surface area contributed by atoms with Crippen molar-refractivity contribution in [3.05, 3.63) is 0 Å². The van der Waals surface area contributed by atoms with Gasteiger partial charge in [0.05, 0.1) is 26.0 Å². The molecular weight excluding hydrogens is 248 g/mol. The van der Waals surface area contributed by atoms with Crippen LogP contribution >= 0.6 is 16.4 Å². The number of hydrogen-bond acceptors (Lipinski definition) is 5. The number of hydrogen-bond donors (Lipinski definition) is 0. The minimum Gasteiger partial charge on any atom is -0.641 e. The second-order valence-electron chi connectivity index (χ2n) is 3.30. The van der Waals surface area contributed by atoms with Gasteiger partial charge in [-0.2, -0.15) is 0 Å². The molecule has 5 nitrogen and oxygen atoms in total. The summed E-state index contributed by atoms with van der Waals surface area (Å²) in [5, 5.41) is 0. The Morgan fingerprint density at radius 1 is 1.19 bits per heavy atom. The molecule has 1 saturated heterocycles. The molecule has 1 atom stereocenters. The Balaban J connectivity index is 2.65. The molecule has 0 radical (unpaired) electrons. The molecular formula is C9H21NO4P2. The van der Waals surface area contributed by atoms with E-state index in [4.69, 9.17) is 13.6 Å². The maximum atomic E-state index is 12.5. The standard InChI is InChI=1S/C9H21NO4P2/c1-4-12-15(13-5-2)10-8-7-9-16(10,11)14-6-3/h4-9H2,1-3H3. The van der Waals surface area contributed by atoms with Crippen molar-refractivity contribution >= 4 is 16.4 Å². The highest BCUT2D eigenvalue weighted by molar-refractivity contribution is 7.71. The van der Waals surface area contributed by atoms with Crippen molar-refractivity contribution < 1.29 is 18.5 Å². The lowest BCUT2D eigenvalue weighted by molar-refractivity contribution is -0.200. The van der Waals surface area contributed by atoms with E-state index in [0.717, 1.165) is 13.0 Å². The van der Waals surface area contributed by atoms with Crippen LogP contribution in [0, 0.1) is 0 Å². The molecule has 1 unspecified atom stereocenters. The van der Waals surface area contributed by atoms with Gasteiger partial charge in [0.25, 0.3) is 8.53 Å². The Morgan fingerprint density at radius 2 is 1.81 bits per heavy atom. The molecule has 0 N–H and O–H groups in total. The Bertz CT molecular complexity index is 204. The third-order valence-electron chi connectivity index (χ3n) is 2.15. The Morgan fingerprint density at radius 3 is 2.31 bits per heavy atom. The van der Waals surface area contributed by atoms with Crippen LogP contribution in [0.1, 0.15) is 27.2 Å². The molecule has 1 heterocycles. The van der Waals surface area contributed by atoms with Gasteiger partial charge < -0.3 is 13.9 Å². The molecule has 0 aromatic carbocycles. The summed E-state index contributed by atoms with van der Waals surface area (Å²) < 4.78 is 18.3. The first-order valence-electron chi connectivity index (χ1n) is 5.75. The van der Waals surface area contributed by atoms with Crippen LogP contribution in [0.4, 0.5) is 0 Å². The van der Waals surface area contributed by atoms with Gasteiger partial charge in [-0.15, -0.1) is 0 Å². The maximum absolute atomic E-state index is 12.5. The fourth-order valence-corrected chi connectivity index (χ4v) is 6.19. The molecule has 16 heavy (non-hydrogen) atoms. The van der Waals surface area contributed by atoms with Gasteiger partial charge in [0.1, 0.15) is 0 Å². The molecule has 0 spiro atoms. The smallest absolute Gasteiger partial charge is 0.295 e. The Hall–Kier alpha value is 0.660. The summed E-state index contributed by atoms with van der Waals surface area (Å²) in [6.45, 7) is 8.02. The lowest BCUT2D eigenvalue weighted by Crippen LogP contribution is -2.26. The average Bonchev–Trinajstić information content (AvgIpc) is 2.60. The molecule has 0 aromatic rings. The van der Waals surface area contributed by atoms with Gasteiger partial charge in [0.2, 0.25) is 0 Å². The predicted molar refractivity (Wildman–Crippen MR) is 64.9 cm³/mol. The van der Waals surface area contributed by atoms with E-state index < -0.39 is 16.4 Å². The summed E-state index contributed by atoms with van der Waals surface area (Å²) in [6.07, 6.45) is 1.50. The van der Waals surface area contributed by atoms with Crippen LogP contribution in [0.15, 0.2) is 0 Å². The van der Waals surface area contributed by atoms with Crippen LogP contribution in [0.5, 0.6) is 0 Å². The third-order valence-corrected chi connectivity index (χ3v) is 7.39. The topological polar surface area (TPSA) is 54.0 Å². The molecule has 0 aliphatic carbocycles. The highest BCUT2D eigenvalue weighted by atomic mass is 31.3. The molecule has 1 aliphatic rings. The van der Waals surface area contributed by atoms with Crippen LogP contribution in [0.2, 0.25) is 0 Å². The van der Waals surface area contributed by atoms with Crippen LogP contribution < -0.4 is 4.89 Å². The second-order valence-corrected chi connectivity index (χ2v) is 7.56. The lowest BCUT2D eigenvalue weighted by atomic mass is 10.5. The van der Waals surface area contributed by atoms with Gasteiger partial charge in [-0.1, -0.05) is 4.44 Å². The van der Waals surface area contributed by atoms with Crippen molar-refractivity contribution in [2.75, 3.05) is 32.5 Å². The van der Waals surface area contributed by atoms with Crippen molar-refractivity contribution in [3.63, 3.8) is 0 Å². The molecule has 0 bridgehead atoms. The van der Waals surface area contributed by atoms with Crippen molar-refractivity contribution in [2.45, 2.75) is 27.2 Å². The second kappa shape index (κ2) is 7.17. The van der Waals surface area contributed by atoms with E-state index in [1.165, 1.54) is 0 Å². The summed E-state index contributed by atoms with van der Waals surface area (Å²) in [4.78, 5) is 12.5. The van der Waals surface area contributed by atoms with Crippen LogP contribution in [-0.2, 0) is 13.6 Å². The van der Waals surface area contributed by atoms with Crippen LogP contribution in [0.3, 0.4) is 0 Å². The van der Waals surface area contributed by atoms with Gasteiger partial charge in [-0.25, -0.2) is 4.52 Å². The van der Waals surface area contributed by atoms with E-state index in [9.17, 15) is 4.89 Å². The van der Waals surface area contributed by atoms with E-state index in [-0.39, 0.29) is 0 Å². The lowest BCUT2D eigenvalue weighted by Gasteiger charge is -2.35. The summed E-state index contributed by atoms with van der Waals surface area (Å²) in [5.41, 5.74) is 0. The van der Waals surface area contributed by atoms with E-state index >= 15 is 0 Å². The molecule has 7 heteroatoms. The quantitative estimate of drug-likeness (QED) is 0.663. The molecule has 96 valence electrons.